The quantitative estimate of drug-likeness (QED) is 0.581. The summed E-state index contributed by atoms with van der Waals surface area (Å²) in [5, 5.41) is 10.2. The summed E-state index contributed by atoms with van der Waals surface area (Å²) in [6.45, 7) is 1.58. The molecule has 4 rings (SSSR count). The third-order valence-corrected chi connectivity index (χ3v) is 6.53. The summed E-state index contributed by atoms with van der Waals surface area (Å²) < 4.78 is 1.80. The molecule has 1 aromatic carbocycles. The molecule has 0 radical (unpaired) electrons. The number of nitrogens with zero attached hydrogens (tertiary/aromatic N) is 4. The molecule has 1 aliphatic carbocycles. The van der Waals surface area contributed by atoms with Gasteiger partial charge in [-0.05, 0) is 43.9 Å². The lowest BCUT2D eigenvalue weighted by Crippen LogP contribution is -2.30. The van der Waals surface area contributed by atoms with Crippen LogP contribution in [0.5, 0.6) is 0 Å². The van der Waals surface area contributed by atoms with Gasteiger partial charge in [0, 0.05) is 24.7 Å². The van der Waals surface area contributed by atoms with Crippen LogP contribution in [0.1, 0.15) is 61.3 Å². The van der Waals surface area contributed by atoms with E-state index in [1.165, 1.54) is 18.2 Å². The minimum Gasteiger partial charge on any atom is -0.339 e. The molecular weight excluding hydrogens is 372 g/mol. The average Bonchev–Trinajstić information content (AvgIpc) is 3.27. The fraction of sp³-hybridized carbons (Fsp3) is 0.524. The number of aromatic nitrogens is 2. The van der Waals surface area contributed by atoms with Crippen LogP contribution in [0.2, 0.25) is 0 Å². The Morgan fingerprint density at radius 2 is 1.93 bits per heavy atom. The summed E-state index contributed by atoms with van der Waals surface area (Å²) in [5.74, 6) is 0.251. The standard InChI is InChI=1S/C21H24N4O2S/c22-10-13-28-21-23-18-14-15(19(26)24-11-4-5-12-24)8-9-17(18)20(27)25(21)16-6-2-1-3-7-16/h8-9,14,16H,1-7,11-13H2. The highest BCUT2D eigenvalue weighted by molar-refractivity contribution is 7.99. The van der Waals surface area contributed by atoms with E-state index in [9.17, 15) is 9.59 Å². The van der Waals surface area contributed by atoms with Crippen LogP contribution >= 0.6 is 11.8 Å². The summed E-state index contributed by atoms with van der Waals surface area (Å²) in [6, 6.07) is 7.50. The molecule has 1 amide bonds. The lowest BCUT2D eigenvalue weighted by Gasteiger charge is -2.26. The van der Waals surface area contributed by atoms with Gasteiger partial charge in [-0.3, -0.25) is 14.2 Å². The predicted molar refractivity (Wildman–Crippen MR) is 110 cm³/mol. The molecule has 0 bridgehead atoms. The summed E-state index contributed by atoms with van der Waals surface area (Å²) in [5.41, 5.74) is 1.06. The predicted octanol–water partition coefficient (Wildman–Crippen LogP) is 3.75. The number of hydrogen-bond acceptors (Lipinski definition) is 5. The SMILES string of the molecule is N#CCSc1nc2cc(C(=O)N3CCCC3)ccc2c(=O)n1C1CCCCC1. The van der Waals surface area contributed by atoms with Crippen LogP contribution in [-0.2, 0) is 0 Å². The highest BCUT2D eigenvalue weighted by Crippen LogP contribution is 2.31. The molecule has 1 aromatic heterocycles. The van der Waals surface area contributed by atoms with Crippen molar-refractivity contribution in [1.29, 1.82) is 5.26 Å². The molecule has 2 aromatic rings. The van der Waals surface area contributed by atoms with E-state index in [0.29, 0.717) is 21.6 Å². The van der Waals surface area contributed by atoms with E-state index in [2.05, 4.69) is 6.07 Å². The lowest BCUT2D eigenvalue weighted by molar-refractivity contribution is 0.0793. The van der Waals surface area contributed by atoms with Gasteiger partial charge in [0.1, 0.15) is 0 Å². The van der Waals surface area contributed by atoms with Crippen molar-refractivity contribution in [1.82, 2.24) is 14.5 Å². The molecule has 6 nitrogen and oxygen atoms in total. The Morgan fingerprint density at radius 1 is 1.18 bits per heavy atom. The van der Waals surface area contributed by atoms with Crippen molar-refractivity contribution in [3.63, 3.8) is 0 Å². The van der Waals surface area contributed by atoms with Gasteiger partial charge < -0.3 is 4.90 Å². The molecular formula is C21H24N4O2S. The Bertz CT molecular complexity index is 982. The van der Waals surface area contributed by atoms with Gasteiger partial charge >= 0.3 is 0 Å². The molecule has 1 saturated heterocycles. The highest BCUT2D eigenvalue weighted by Gasteiger charge is 2.24. The third kappa shape index (κ3) is 3.66. The summed E-state index contributed by atoms with van der Waals surface area (Å²) in [6.07, 6.45) is 7.45. The van der Waals surface area contributed by atoms with Crippen LogP contribution in [0.3, 0.4) is 0 Å². The number of amides is 1. The number of carbonyl (C=O) groups is 1. The maximum atomic E-state index is 13.3. The normalized spacial score (nSPS) is 17.8. The van der Waals surface area contributed by atoms with E-state index in [4.69, 9.17) is 10.2 Å². The Hall–Kier alpha value is -2.33. The van der Waals surface area contributed by atoms with Gasteiger partial charge in [-0.25, -0.2) is 4.98 Å². The number of carbonyl (C=O) groups excluding carboxylic acids is 1. The maximum Gasteiger partial charge on any atom is 0.262 e. The van der Waals surface area contributed by atoms with Crippen molar-refractivity contribution in [2.45, 2.75) is 56.1 Å². The summed E-state index contributed by atoms with van der Waals surface area (Å²) in [4.78, 5) is 32.6. The minimum absolute atomic E-state index is 0.00360. The van der Waals surface area contributed by atoms with Crippen LogP contribution in [0, 0.1) is 11.3 Å². The smallest absolute Gasteiger partial charge is 0.262 e. The zero-order valence-electron chi connectivity index (χ0n) is 15.9. The van der Waals surface area contributed by atoms with E-state index < -0.39 is 0 Å². The molecule has 0 atom stereocenters. The van der Waals surface area contributed by atoms with Crippen molar-refractivity contribution in [2.24, 2.45) is 0 Å². The van der Waals surface area contributed by atoms with Gasteiger partial charge in [0.2, 0.25) is 0 Å². The maximum absolute atomic E-state index is 13.3. The molecule has 2 heterocycles. The number of nitriles is 1. The number of thioether (sulfide) groups is 1. The number of benzene rings is 1. The van der Waals surface area contributed by atoms with Gasteiger partial charge in [-0.15, -0.1) is 0 Å². The van der Waals surface area contributed by atoms with Gasteiger partial charge in [-0.1, -0.05) is 31.0 Å². The van der Waals surface area contributed by atoms with Gasteiger partial charge in [0.15, 0.2) is 5.16 Å². The molecule has 2 aliphatic rings. The topological polar surface area (TPSA) is 79.0 Å². The van der Waals surface area contributed by atoms with Crippen LogP contribution < -0.4 is 5.56 Å². The Kier molecular flexibility index (Phi) is 5.67. The molecule has 1 saturated carbocycles. The average molecular weight is 397 g/mol. The Balaban J connectivity index is 1.78. The third-order valence-electron chi connectivity index (χ3n) is 5.72. The van der Waals surface area contributed by atoms with Crippen LogP contribution in [0.15, 0.2) is 28.2 Å². The molecule has 146 valence electrons. The van der Waals surface area contributed by atoms with Crippen molar-refractivity contribution < 1.29 is 4.79 Å². The zero-order chi connectivity index (χ0) is 19.5. The van der Waals surface area contributed by atoms with Gasteiger partial charge in [-0.2, -0.15) is 5.26 Å². The number of hydrogen-bond donors (Lipinski definition) is 0. The van der Waals surface area contributed by atoms with Crippen LogP contribution in [-0.4, -0.2) is 39.2 Å². The second-order valence-corrected chi connectivity index (χ2v) is 8.48. The minimum atomic E-state index is -0.0579. The second-order valence-electron chi connectivity index (χ2n) is 7.54. The van der Waals surface area contributed by atoms with E-state index in [1.807, 2.05) is 4.90 Å². The first-order chi connectivity index (χ1) is 13.7. The number of likely N-dealkylation sites (tertiary alicyclic amines) is 1. The first kappa shape index (κ1) is 19.0. The van der Waals surface area contributed by atoms with Crippen LogP contribution in [0.4, 0.5) is 0 Å². The molecule has 0 unspecified atom stereocenters. The summed E-state index contributed by atoms with van der Waals surface area (Å²) >= 11 is 1.30. The first-order valence-electron chi connectivity index (χ1n) is 10.0. The van der Waals surface area contributed by atoms with Gasteiger partial charge in [0.05, 0.1) is 22.7 Å². The van der Waals surface area contributed by atoms with E-state index in [0.717, 1.165) is 51.6 Å². The monoisotopic (exact) mass is 396 g/mol. The second kappa shape index (κ2) is 8.36. The number of rotatable bonds is 4. The highest BCUT2D eigenvalue weighted by atomic mass is 32.2. The largest absolute Gasteiger partial charge is 0.339 e. The van der Waals surface area contributed by atoms with E-state index >= 15 is 0 Å². The number of fused-ring (bicyclic) bond motifs is 1. The molecule has 7 heteroatoms. The van der Waals surface area contributed by atoms with E-state index in [1.54, 1.807) is 22.8 Å². The fourth-order valence-electron chi connectivity index (χ4n) is 4.27. The van der Waals surface area contributed by atoms with Crippen molar-refractivity contribution in [3.8, 4) is 6.07 Å². The molecule has 1 aliphatic heterocycles. The molecule has 0 N–H and O–H groups in total. The Morgan fingerprint density at radius 3 is 2.64 bits per heavy atom. The molecule has 0 spiro atoms. The molecule has 2 fully saturated rings. The zero-order valence-corrected chi connectivity index (χ0v) is 16.7. The van der Waals surface area contributed by atoms with Crippen molar-refractivity contribution in [3.05, 3.63) is 34.1 Å². The van der Waals surface area contributed by atoms with E-state index in [-0.39, 0.29) is 23.3 Å². The van der Waals surface area contributed by atoms with Crippen molar-refractivity contribution in [2.75, 3.05) is 18.8 Å². The van der Waals surface area contributed by atoms with Gasteiger partial charge in [0.25, 0.3) is 11.5 Å². The first-order valence-corrected chi connectivity index (χ1v) is 11.0. The lowest BCUT2D eigenvalue weighted by atomic mass is 9.95. The van der Waals surface area contributed by atoms with Crippen LogP contribution in [0.25, 0.3) is 10.9 Å². The Labute approximate surface area is 168 Å². The van der Waals surface area contributed by atoms with Crippen molar-refractivity contribution >= 4 is 28.6 Å². The fourth-order valence-corrected chi connectivity index (χ4v) is 5.00. The molecule has 28 heavy (non-hydrogen) atoms. The summed E-state index contributed by atoms with van der Waals surface area (Å²) in [7, 11) is 0.